The summed E-state index contributed by atoms with van der Waals surface area (Å²) in [5.41, 5.74) is 0.856. The van der Waals surface area contributed by atoms with E-state index >= 15 is 0 Å². The van der Waals surface area contributed by atoms with Crippen molar-refractivity contribution < 1.29 is 28.7 Å². The van der Waals surface area contributed by atoms with Gasteiger partial charge in [-0.3, -0.25) is 14.2 Å². The van der Waals surface area contributed by atoms with Gasteiger partial charge >= 0.3 is 13.6 Å². The molecule has 0 aliphatic carbocycles. The number of hydrogen-bond donors (Lipinski definition) is 3. The number of carboxylic acid groups (broad SMARTS) is 1. The topological polar surface area (TPSA) is 113 Å². The molecule has 0 saturated carbocycles. The van der Waals surface area contributed by atoms with Gasteiger partial charge in [0.25, 0.3) is 0 Å². The van der Waals surface area contributed by atoms with Crippen LogP contribution in [0.3, 0.4) is 0 Å². The summed E-state index contributed by atoms with van der Waals surface area (Å²) in [7, 11) is -3.90. The average molecular weight is 371 g/mol. The van der Waals surface area contributed by atoms with Gasteiger partial charge in [-0.25, -0.2) is 0 Å². The molecule has 0 aliphatic rings. The molecule has 2 unspecified atom stereocenters. The fourth-order valence-corrected chi connectivity index (χ4v) is 3.63. The number of carbonyl (C=O) groups excluding carboxylic acids is 1. The number of benzene rings is 1. The second kappa shape index (κ2) is 11.0. The van der Waals surface area contributed by atoms with E-state index in [1.54, 1.807) is 0 Å². The van der Waals surface area contributed by atoms with Crippen molar-refractivity contribution in [1.82, 2.24) is 5.32 Å². The van der Waals surface area contributed by atoms with Gasteiger partial charge in [0.05, 0.1) is 25.1 Å². The Morgan fingerprint density at radius 2 is 1.96 bits per heavy atom. The van der Waals surface area contributed by atoms with Crippen LogP contribution < -0.4 is 5.32 Å². The predicted octanol–water partition coefficient (Wildman–Crippen LogP) is 2.44. The summed E-state index contributed by atoms with van der Waals surface area (Å²) < 4.78 is 17.3. The molecule has 0 saturated heterocycles. The van der Waals surface area contributed by atoms with Gasteiger partial charge in [0.1, 0.15) is 0 Å². The molecular weight excluding hydrogens is 345 g/mol. The second-order valence-corrected chi connectivity index (χ2v) is 7.73. The summed E-state index contributed by atoms with van der Waals surface area (Å²) in [5, 5.41) is 11.2. The van der Waals surface area contributed by atoms with Gasteiger partial charge in [0.2, 0.25) is 5.91 Å². The predicted molar refractivity (Wildman–Crippen MR) is 94.5 cm³/mol. The first-order valence-electron chi connectivity index (χ1n) is 8.34. The van der Waals surface area contributed by atoms with Crippen LogP contribution in [-0.4, -0.2) is 41.2 Å². The van der Waals surface area contributed by atoms with E-state index in [1.807, 2.05) is 37.3 Å². The summed E-state index contributed by atoms with van der Waals surface area (Å²) >= 11 is 0. The highest BCUT2D eigenvalue weighted by molar-refractivity contribution is 7.52. The first kappa shape index (κ1) is 21.4. The van der Waals surface area contributed by atoms with Crippen LogP contribution in [0.5, 0.6) is 0 Å². The number of unbranched alkanes of at least 4 members (excludes halogenated alkanes) is 1. The lowest BCUT2D eigenvalue weighted by Crippen LogP contribution is -2.35. The highest BCUT2D eigenvalue weighted by atomic mass is 31.2. The number of hydrogen-bond acceptors (Lipinski definition) is 4. The summed E-state index contributed by atoms with van der Waals surface area (Å²) in [6.45, 7) is 2.09. The summed E-state index contributed by atoms with van der Waals surface area (Å²) in [4.78, 5) is 32.9. The minimum Gasteiger partial charge on any atom is -0.481 e. The monoisotopic (exact) mass is 371 g/mol. The van der Waals surface area contributed by atoms with Gasteiger partial charge in [0.15, 0.2) is 0 Å². The molecule has 2 atom stereocenters. The number of carbonyl (C=O) groups is 2. The van der Waals surface area contributed by atoms with Crippen LogP contribution in [0.25, 0.3) is 0 Å². The number of carboxylic acids is 1. The van der Waals surface area contributed by atoms with E-state index < -0.39 is 25.4 Å². The van der Waals surface area contributed by atoms with Crippen LogP contribution >= 0.6 is 7.60 Å². The van der Waals surface area contributed by atoms with E-state index in [-0.39, 0.29) is 32.2 Å². The summed E-state index contributed by atoms with van der Waals surface area (Å²) in [6, 6.07) is 9.15. The third-order valence-corrected chi connectivity index (χ3v) is 5.06. The van der Waals surface area contributed by atoms with E-state index in [2.05, 4.69) is 5.32 Å². The smallest absolute Gasteiger partial charge is 0.328 e. The average Bonchev–Trinajstić information content (AvgIpc) is 2.54. The number of amides is 1. The number of aliphatic carboxylic acids is 1. The van der Waals surface area contributed by atoms with Crippen molar-refractivity contribution in [2.24, 2.45) is 5.92 Å². The van der Waals surface area contributed by atoms with Crippen LogP contribution in [0, 0.1) is 5.92 Å². The first-order chi connectivity index (χ1) is 11.8. The van der Waals surface area contributed by atoms with Crippen molar-refractivity contribution in [3.8, 4) is 0 Å². The van der Waals surface area contributed by atoms with Crippen molar-refractivity contribution in [1.29, 1.82) is 0 Å². The maximum atomic E-state index is 12.3. The highest BCUT2D eigenvalue weighted by Crippen LogP contribution is 2.44. The fourth-order valence-electron chi connectivity index (χ4n) is 2.26. The zero-order valence-electron chi connectivity index (χ0n) is 14.4. The molecule has 3 N–H and O–H groups in total. The van der Waals surface area contributed by atoms with Crippen molar-refractivity contribution in [2.45, 2.75) is 32.6 Å². The molecule has 1 rings (SSSR count). The molecule has 1 amide bonds. The molecule has 0 radical (unpaired) electrons. The Labute approximate surface area is 147 Å². The fraction of sp³-hybridized carbons (Fsp3) is 0.529. The zero-order valence-corrected chi connectivity index (χ0v) is 15.3. The SMILES string of the molecule is CCCCOP(=O)(O)CC(Cc1ccccc1)C(=O)NCCC(=O)O. The Morgan fingerprint density at radius 1 is 1.28 bits per heavy atom. The third-order valence-electron chi connectivity index (χ3n) is 3.58. The first-order valence-corrected chi connectivity index (χ1v) is 10.1. The van der Waals surface area contributed by atoms with E-state index in [0.717, 1.165) is 12.0 Å². The van der Waals surface area contributed by atoms with Gasteiger partial charge in [0, 0.05) is 6.54 Å². The molecule has 8 heteroatoms. The highest BCUT2D eigenvalue weighted by Gasteiger charge is 2.30. The minimum atomic E-state index is -3.90. The molecule has 0 spiro atoms. The van der Waals surface area contributed by atoms with Crippen molar-refractivity contribution in [3.63, 3.8) is 0 Å². The zero-order chi connectivity index (χ0) is 18.7. The van der Waals surface area contributed by atoms with E-state index in [0.29, 0.717) is 6.42 Å². The molecule has 0 aliphatic heterocycles. The van der Waals surface area contributed by atoms with Gasteiger partial charge in [-0.05, 0) is 18.4 Å². The summed E-state index contributed by atoms with van der Waals surface area (Å²) in [5.74, 6) is -2.23. The molecule has 1 aromatic carbocycles. The molecule has 1 aromatic rings. The molecule has 140 valence electrons. The maximum absolute atomic E-state index is 12.3. The minimum absolute atomic E-state index is 0.0219. The third kappa shape index (κ3) is 9.39. The lowest BCUT2D eigenvalue weighted by Gasteiger charge is -2.20. The molecule has 0 aromatic heterocycles. The van der Waals surface area contributed by atoms with E-state index in [9.17, 15) is 19.0 Å². The number of rotatable bonds is 12. The Bertz CT molecular complexity index is 592. The Kier molecular flexibility index (Phi) is 9.42. The molecule has 0 heterocycles. The van der Waals surface area contributed by atoms with Crippen LogP contribution in [-0.2, 0) is 25.1 Å². The number of nitrogens with one attached hydrogen (secondary N) is 1. The lowest BCUT2D eigenvalue weighted by molar-refractivity contribution is -0.137. The van der Waals surface area contributed by atoms with Crippen LogP contribution in [0.15, 0.2) is 30.3 Å². The van der Waals surface area contributed by atoms with E-state index in [4.69, 9.17) is 9.63 Å². The standard InChI is InChI=1S/C17H26NO6P/c1-2-3-11-24-25(22,23)13-15(12-14-7-5-4-6-8-14)17(21)18-10-9-16(19)20/h4-8,15H,2-3,9-13H2,1H3,(H,18,21)(H,19,20)(H,22,23). The Morgan fingerprint density at radius 3 is 2.56 bits per heavy atom. The van der Waals surface area contributed by atoms with Crippen molar-refractivity contribution in [2.75, 3.05) is 19.3 Å². The molecular formula is C17H26NO6P. The van der Waals surface area contributed by atoms with Crippen LogP contribution in [0.1, 0.15) is 31.7 Å². The van der Waals surface area contributed by atoms with Gasteiger partial charge < -0.3 is 19.8 Å². The van der Waals surface area contributed by atoms with Crippen LogP contribution in [0.2, 0.25) is 0 Å². The van der Waals surface area contributed by atoms with Crippen molar-refractivity contribution >= 4 is 19.5 Å². The molecule has 25 heavy (non-hydrogen) atoms. The molecule has 0 bridgehead atoms. The maximum Gasteiger partial charge on any atom is 0.328 e. The lowest BCUT2D eigenvalue weighted by atomic mass is 10.0. The van der Waals surface area contributed by atoms with Crippen molar-refractivity contribution in [3.05, 3.63) is 35.9 Å². The normalized spacial score (nSPS) is 14.5. The molecule has 7 nitrogen and oxygen atoms in total. The van der Waals surface area contributed by atoms with Gasteiger partial charge in [-0.2, -0.15) is 0 Å². The van der Waals surface area contributed by atoms with E-state index in [1.165, 1.54) is 0 Å². The second-order valence-electron chi connectivity index (χ2n) is 5.83. The van der Waals surface area contributed by atoms with Gasteiger partial charge in [-0.15, -0.1) is 0 Å². The van der Waals surface area contributed by atoms with Crippen LogP contribution in [0.4, 0.5) is 0 Å². The largest absolute Gasteiger partial charge is 0.481 e. The van der Waals surface area contributed by atoms with Gasteiger partial charge in [-0.1, -0.05) is 43.7 Å². The Hall–Kier alpha value is -1.69. The Balaban J connectivity index is 2.74. The molecule has 0 fully saturated rings. The quantitative estimate of drug-likeness (QED) is 0.384. The summed E-state index contributed by atoms with van der Waals surface area (Å²) in [6.07, 6.45) is 1.28.